The molecule has 0 aromatic carbocycles. The van der Waals surface area contributed by atoms with E-state index < -0.39 is 25.2 Å². The lowest BCUT2D eigenvalue weighted by Gasteiger charge is -2.25. The fourth-order valence-corrected chi connectivity index (χ4v) is 2.06. The number of amides is 1. The minimum Gasteiger partial charge on any atom is -0.395 e. The van der Waals surface area contributed by atoms with Crippen molar-refractivity contribution in [2.75, 3.05) is 25.4 Å². The van der Waals surface area contributed by atoms with Crippen LogP contribution in [0.3, 0.4) is 0 Å². The molecule has 0 atom stereocenters. The first kappa shape index (κ1) is 14.6. The van der Waals surface area contributed by atoms with Gasteiger partial charge in [-0.2, -0.15) is 25.8 Å². The third-order valence-electron chi connectivity index (χ3n) is 2.91. The maximum atomic E-state index is 12.2. The van der Waals surface area contributed by atoms with Crippen molar-refractivity contribution in [2.45, 2.75) is 25.4 Å². The molecule has 0 saturated heterocycles. The van der Waals surface area contributed by atoms with Crippen LogP contribution in [0.4, 0.5) is 13.2 Å². The number of carbonyl (C=O) groups excluding carboxylic acids is 1. The van der Waals surface area contributed by atoms with Crippen LogP contribution in [0.2, 0.25) is 0 Å². The van der Waals surface area contributed by atoms with Gasteiger partial charge in [-0.3, -0.25) is 4.79 Å². The Labute approximate surface area is 103 Å². The first-order valence-corrected chi connectivity index (χ1v) is 6.01. The summed E-state index contributed by atoms with van der Waals surface area (Å²) in [7, 11) is 0. The second kappa shape index (κ2) is 5.48. The summed E-state index contributed by atoms with van der Waals surface area (Å²) in [6.07, 6.45) is -2.67. The van der Waals surface area contributed by atoms with E-state index in [2.05, 4.69) is 12.6 Å². The van der Waals surface area contributed by atoms with Crippen LogP contribution in [0.1, 0.15) is 19.3 Å². The maximum absolute atomic E-state index is 12.2. The highest BCUT2D eigenvalue weighted by Crippen LogP contribution is 2.49. The van der Waals surface area contributed by atoms with Crippen molar-refractivity contribution in [3.05, 3.63) is 0 Å². The zero-order valence-corrected chi connectivity index (χ0v) is 10.2. The van der Waals surface area contributed by atoms with Gasteiger partial charge in [0.25, 0.3) is 0 Å². The Morgan fingerprint density at radius 1 is 1.41 bits per heavy atom. The molecular formula is C10H16F3NO2S. The van der Waals surface area contributed by atoms with E-state index in [-0.39, 0.29) is 18.4 Å². The van der Waals surface area contributed by atoms with Gasteiger partial charge in [0, 0.05) is 13.0 Å². The van der Waals surface area contributed by atoms with Crippen LogP contribution in [-0.4, -0.2) is 47.5 Å². The van der Waals surface area contributed by atoms with Gasteiger partial charge >= 0.3 is 6.18 Å². The monoisotopic (exact) mass is 271 g/mol. The van der Waals surface area contributed by atoms with E-state index in [9.17, 15) is 18.0 Å². The van der Waals surface area contributed by atoms with Crippen LogP contribution in [0.25, 0.3) is 0 Å². The molecule has 0 heterocycles. The molecule has 1 rings (SSSR count). The van der Waals surface area contributed by atoms with Crippen molar-refractivity contribution in [1.82, 2.24) is 4.90 Å². The summed E-state index contributed by atoms with van der Waals surface area (Å²) in [6, 6.07) is 0. The zero-order valence-electron chi connectivity index (χ0n) is 9.33. The van der Waals surface area contributed by atoms with Crippen molar-refractivity contribution in [1.29, 1.82) is 0 Å². The SMILES string of the molecule is O=C(CC1(CS)CC1)N(CCO)CC(F)(F)F. The van der Waals surface area contributed by atoms with Gasteiger partial charge in [-0.25, -0.2) is 0 Å². The first-order chi connectivity index (χ1) is 7.82. The van der Waals surface area contributed by atoms with Crippen molar-refractivity contribution in [2.24, 2.45) is 5.41 Å². The van der Waals surface area contributed by atoms with E-state index in [1.54, 1.807) is 0 Å². The Balaban J connectivity index is 2.54. The number of aliphatic hydroxyl groups excluding tert-OH is 1. The Kier molecular flexibility index (Phi) is 4.71. The highest BCUT2D eigenvalue weighted by molar-refractivity contribution is 7.80. The normalized spacial score (nSPS) is 17.9. The summed E-state index contributed by atoms with van der Waals surface area (Å²) in [5.41, 5.74) is -0.209. The summed E-state index contributed by atoms with van der Waals surface area (Å²) in [6.45, 7) is -2.04. The van der Waals surface area contributed by atoms with E-state index >= 15 is 0 Å². The van der Waals surface area contributed by atoms with Gasteiger partial charge in [0.2, 0.25) is 5.91 Å². The summed E-state index contributed by atoms with van der Waals surface area (Å²) < 4.78 is 36.7. The molecule has 1 aliphatic carbocycles. The summed E-state index contributed by atoms with van der Waals surface area (Å²) in [4.78, 5) is 12.4. The van der Waals surface area contributed by atoms with Crippen LogP contribution in [0.15, 0.2) is 0 Å². The average molecular weight is 271 g/mol. The molecule has 7 heteroatoms. The second-order valence-electron chi connectivity index (χ2n) is 4.49. The fraction of sp³-hybridized carbons (Fsp3) is 0.900. The average Bonchev–Trinajstić information content (AvgIpc) is 2.96. The van der Waals surface area contributed by atoms with Gasteiger partial charge in [-0.05, 0) is 24.0 Å². The van der Waals surface area contributed by atoms with Crippen molar-refractivity contribution in [3.8, 4) is 0 Å². The molecule has 0 aliphatic heterocycles. The molecule has 1 fully saturated rings. The number of aliphatic hydroxyl groups is 1. The molecule has 0 spiro atoms. The van der Waals surface area contributed by atoms with Crippen LogP contribution in [-0.2, 0) is 4.79 Å². The van der Waals surface area contributed by atoms with Gasteiger partial charge in [-0.15, -0.1) is 0 Å². The van der Waals surface area contributed by atoms with Gasteiger partial charge in [0.05, 0.1) is 6.61 Å². The van der Waals surface area contributed by atoms with Gasteiger partial charge < -0.3 is 10.0 Å². The van der Waals surface area contributed by atoms with Crippen molar-refractivity contribution in [3.63, 3.8) is 0 Å². The number of thiol groups is 1. The molecule has 0 aromatic heterocycles. The van der Waals surface area contributed by atoms with Crippen LogP contribution in [0, 0.1) is 5.41 Å². The molecule has 1 aliphatic rings. The molecule has 0 aromatic rings. The molecule has 1 amide bonds. The smallest absolute Gasteiger partial charge is 0.395 e. The summed E-state index contributed by atoms with van der Waals surface area (Å²) >= 11 is 4.10. The number of nitrogens with zero attached hydrogens (tertiary/aromatic N) is 1. The quantitative estimate of drug-likeness (QED) is 0.718. The zero-order chi connectivity index (χ0) is 13.1. The molecule has 1 N–H and O–H groups in total. The number of rotatable bonds is 6. The Hall–Kier alpha value is -0.430. The largest absolute Gasteiger partial charge is 0.406 e. The molecule has 0 bridgehead atoms. The van der Waals surface area contributed by atoms with E-state index in [1.807, 2.05) is 0 Å². The number of hydrogen-bond donors (Lipinski definition) is 2. The summed E-state index contributed by atoms with van der Waals surface area (Å²) in [5, 5.41) is 8.68. The Bertz CT molecular complexity index is 279. The predicted molar refractivity (Wildman–Crippen MR) is 59.9 cm³/mol. The van der Waals surface area contributed by atoms with E-state index in [1.165, 1.54) is 0 Å². The topological polar surface area (TPSA) is 40.5 Å². The number of halogens is 3. The third kappa shape index (κ3) is 4.75. The highest BCUT2D eigenvalue weighted by Gasteiger charge is 2.44. The molecule has 0 unspecified atom stereocenters. The molecule has 0 radical (unpaired) electrons. The standard InChI is InChI=1S/C10H16F3NO2S/c11-10(12,13)6-14(3-4-15)8(16)5-9(7-17)1-2-9/h15,17H,1-7H2. The molecule has 1 saturated carbocycles. The molecule has 100 valence electrons. The van der Waals surface area contributed by atoms with Crippen molar-refractivity contribution >= 4 is 18.5 Å². The lowest BCUT2D eigenvalue weighted by atomic mass is 10.0. The van der Waals surface area contributed by atoms with Crippen molar-refractivity contribution < 1.29 is 23.1 Å². The predicted octanol–water partition coefficient (Wildman–Crippen LogP) is 1.47. The number of hydrogen-bond acceptors (Lipinski definition) is 3. The maximum Gasteiger partial charge on any atom is 0.406 e. The summed E-state index contributed by atoms with van der Waals surface area (Å²) in [5.74, 6) is -0.0412. The lowest BCUT2D eigenvalue weighted by Crippen LogP contribution is -2.41. The number of carbonyl (C=O) groups is 1. The molecular weight excluding hydrogens is 255 g/mol. The van der Waals surface area contributed by atoms with Gasteiger partial charge in [0.1, 0.15) is 6.54 Å². The van der Waals surface area contributed by atoms with Gasteiger partial charge in [0.15, 0.2) is 0 Å². The van der Waals surface area contributed by atoms with Gasteiger partial charge in [-0.1, -0.05) is 0 Å². The number of alkyl halides is 3. The van der Waals surface area contributed by atoms with E-state index in [0.717, 1.165) is 12.8 Å². The first-order valence-electron chi connectivity index (χ1n) is 5.38. The minimum atomic E-state index is -4.43. The minimum absolute atomic E-state index is 0.0899. The van der Waals surface area contributed by atoms with E-state index in [0.29, 0.717) is 10.7 Å². The molecule has 17 heavy (non-hydrogen) atoms. The Morgan fingerprint density at radius 3 is 2.35 bits per heavy atom. The Morgan fingerprint density at radius 2 is 2.00 bits per heavy atom. The third-order valence-corrected chi connectivity index (χ3v) is 3.58. The second-order valence-corrected chi connectivity index (χ2v) is 4.81. The van der Waals surface area contributed by atoms with E-state index in [4.69, 9.17) is 5.11 Å². The van der Waals surface area contributed by atoms with Crippen LogP contribution in [0.5, 0.6) is 0 Å². The lowest BCUT2D eigenvalue weighted by molar-refractivity contribution is -0.162. The van der Waals surface area contributed by atoms with Crippen LogP contribution >= 0.6 is 12.6 Å². The highest BCUT2D eigenvalue weighted by atomic mass is 32.1. The van der Waals surface area contributed by atoms with Crippen LogP contribution < -0.4 is 0 Å². The fourth-order valence-electron chi connectivity index (χ4n) is 1.63. The molecule has 3 nitrogen and oxygen atoms in total.